The van der Waals surface area contributed by atoms with Crippen LogP contribution < -0.4 is 0 Å². The van der Waals surface area contributed by atoms with E-state index >= 15 is 0 Å². The molecule has 0 unspecified atom stereocenters. The Morgan fingerprint density at radius 2 is 2.06 bits per heavy atom. The van der Waals surface area contributed by atoms with Crippen LogP contribution in [-0.4, -0.2) is 10.7 Å². The highest BCUT2D eigenvalue weighted by molar-refractivity contribution is 8.08. The minimum atomic E-state index is 0.209. The molecule has 4 heteroatoms. The summed E-state index contributed by atoms with van der Waals surface area (Å²) in [4.78, 5) is 4.18. The average Bonchev–Trinajstić information content (AvgIpc) is 2.82. The number of aryl methyl sites for hydroxylation is 2. The number of H-pyrrole nitrogens is 1. The summed E-state index contributed by atoms with van der Waals surface area (Å²) in [6, 6.07) is 6.10. The number of nitriles is 2. The number of hydrogen-bond acceptors (Lipinski definition) is 3. The summed E-state index contributed by atoms with van der Waals surface area (Å²) in [5.41, 5.74) is 3.77. The van der Waals surface area contributed by atoms with Crippen molar-refractivity contribution in [2.45, 2.75) is 32.6 Å². The standard InChI is InChI=1S/C14H15N3S/c1-2-18-14(11(8-15)9-16)13-7-10-5-3-4-6-12(10)17-13/h7,17H,2-6H2,1H3. The van der Waals surface area contributed by atoms with Gasteiger partial charge >= 0.3 is 0 Å². The minimum absolute atomic E-state index is 0.209. The molecule has 1 heterocycles. The molecule has 0 amide bonds. The number of aromatic amines is 1. The van der Waals surface area contributed by atoms with Gasteiger partial charge in [0.15, 0.2) is 0 Å². The first-order valence-corrected chi connectivity index (χ1v) is 7.17. The SMILES string of the molecule is CCSC(=C(C#N)C#N)c1cc2c([nH]1)CCCC2. The number of nitrogens with zero attached hydrogens (tertiary/aromatic N) is 2. The first-order chi connectivity index (χ1) is 8.80. The van der Waals surface area contributed by atoms with E-state index in [0.717, 1.165) is 29.2 Å². The van der Waals surface area contributed by atoms with Crippen molar-refractivity contribution in [1.82, 2.24) is 4.98 Å². The van der Waals surface area contributed by atoms with Gasteiger partial charge in [0.05, 0.1) is 10.6 Å². The zero-order valence-corrected chi connectivity index (χ0v) is 11.2. The van der Waals surface area contributed by atoms with Crippen LogP contribution in [0.2, 0.25) is 0 Å². The maximum atomic E-state index is 9.03. The highest BCUT2D eigenvalue weighted by atomic mass is 32.2. The molecule has 0 saturated heterocycles. The van der Waals surface area contributed by atoms with E-state index in [9.17, 15) is 0 Å². The van der Waals surface area contributed by atoms with E-state index in [4.69, 9.17) is 10.5 Å². The average molecular weight is 257 g/mol. The second-order valence-corrected chi connectivity index (χ2v) is 5.53. The lowest BCUT2D eigenvalue weighted by Gasteiger charge is -2.09. The lowest BCUT2D eigenvalue weighted by atomic mass is 9.98. The largest absolute Gasteiger partial charge is 0.358 e. The number of nitrogens with one attached hydrogen (secondary N) is 1. The van der Waals surface area contributed by atoms with Crippen LogP contribution >= 0.6 is 11.8 Å². The van der Waals surface area contributed by atoms with Gasteiger partial charge in [-0.3, -0.25) is 0 Å². The first kappa shape index (κ1) is 12.8. The monoisotopic (exact) mass is 257 g/mol. The Kier molecular flexibility index (Phi) is 4.12. The normalized spacial score (nSPS) is 13.3. The Hall–Kier alpha value is -1.65. The fraction of sp³-hybridized carbons (Fsp3) is 0.429. The van der Waals surface area contributed by atoms with Gasteiger partial charge in [-0.25, -0.2) is 0 Å². The molecule has 1 aliphatic rings. The van der Waals surface area contributed by atoms with E-state index in [1.165, 1.54) is 24.1 Å². The minimum Gasteiger partial charge on any atom is -0.358 e. The molecule has 1 aliphatic carbocycles. The second kappa shape index (κ2) is 5.80. The van der Waals surface area contributed by atoms with Gasteiger partial charge < -0.3 is 4.98 Å². The van der Waals surface area contributed by atoms with Crippen molar-refractivity contribution < 1.29 is 0 Å². The molecule has 1 N–H and O–H groups in total. The third kappa shape index (κ3) is 2.44. The summed E-state index contributed by atoms with van der Waals surface area (Å²) in [7, 11) is 0. The highest BCUT2D eigenvalue weighted by Gasteiger charge is 2.17. The molecule has 3 nitrogen and oxygen atoms in total. The lowest BCUT2D eigenvalue weighted by Crippen LogP contribution is -1.99. The summed E-state index contributed by atoms with van der Waals surface area (Å²) in [6.45, 7) is 2.03. The molecule has 1 aromatic heterocycles. The van der Waals surface area contributed by atoms with Crippen molar-refractivity contribution >= 4 is 16.7 Å². The Labute approximate surface area is 112 Å². The Morgan fingerprint density at radius 3 is 2.67 bits per heavy atom. The molecule has 0 radical (unpaired) electrons. The van der Waals surface area contributed by atoms with Crippen molar-refractivity contribution in [2.75, 3.05) is 5.75 Å². The van der Waals surface area contributed by atoms with E-state index in [1.54, 1.807) is 11.8 Å². The predicted molar refractivity (Wildman–Crippen MR) is 73.7 cm³/mol. The predicted octanol–water partition coefficient (Wildman–Crippen LogP) is 3.40. The van der Waals surface area contributed by atoms with Gasteiger partial charge in [0, 0.05) is 5.69 Å². The van der Waals surface area contributed by atoms with Gasteiger partial charge in [-0.15, -0.1) is 11.8 Å². The van der Waals surface area contributed by atoms with Gasteiger partial charge in [0.25, 0.3) is 0 Å². The molecule has 0 atom stereocenters. The fourth-order valence-electron chi connectivity index (χ4n) is 2.28. The van der Waals surface area contributed by atoms with Crippen molar-refractivity contribution in [1.29, 1.82) is 10.5 Å². The summed E-state index contributed by atoms with van der Waals surface area (Å²) in [6.07, 6.45) is 4.63. The first-order valence-electron chi connectivity index (χ1n) is 6.18. The molecule has 0 aromatic carbocycles. The van der Waals surface area contributed by atoms with E-state index in [0.29, 0.717) is 0 Å². The fourth-order valence-corrected chi connectivity index (χ4v) is 3.07. The van der Waals surface area contributed by atoms with Crippen LogP contribution in [0.4, 0.5) is 0 Å². The van der Waals surface area contributed by atoms with E-state index < -0.39 is 0 Å². The number of hydrogen-bond donors (Lipinski definition) is 1. The van der Waals surface area contributed by atoms with Crippen molar-refractivity contribution in [3.63, 3.8) is 0 Å². The molecular formula is C14H15N3S. The molecule has 92 valence electrons. The second-order valence-electron chi connectivity index (χ2n) is 4.25. The van der Waals surface area contributed by atoms with Gasteiger partial charge in [0.2, 0.25) is 0 Å². The highest BCUT2D eigenvalue weighted by Crippen LogP contribution is 2.33. The zero-order chi connectivity index (χ0) is 13.0. The molecule has 0 spiro atoms. The maximum Gasteiger partial charge on any atom is 0.145 e. The van der Waals surface area contributed by atoms with E-state index in [-0.39, 0.29) is 5.57 Å². The molecule has 0 bridgehead atoms. The topological polar surface area (TPSA) is 63.4 Å². The summed E-state index contributed by atoms with van der Waals surface area (Å²) < 4.78 is 0. The number of fused-ring (bicyclic) bond motifs is 1. The summed E-state index contributed by atoms with van der Waals surface area (Å²) in [5, 5.41) is 18.1. The quantitative estimate of drug-likeness (QED) is 0.844. The maximum absolute atomic E-state index is 9.03. The van der Waals surface area contributed by atoms with Gasteiger partial charge in [0.1, 0.15) is 17.7 Å². The van der Waals surface area contributed by atoms with E-state index in [1.807, 2.05) is 19.1 Å². The molecule has 0 saturated carbocycles. The number of rotatable bonds is 3. The molecular weight excluding hydrogens is 242 g/mol. The van der Waals surface area contributed by atoms with Crippen LogP contribution in [0.25, 0.3) is 4.91 Å². The van der Waals surface area contributed by atoms with Crippen LogP contribution in [0.15, 0.2) is 11.6 Å². The summed E-state index contributed by atoms with van der Waals surface area (Å²) in [5.74, 6) is 0.853. The smallest absolute Gasteiger partial charge is 0.145 e. The molecule has 18 heavy (non-hydrogen) atoms. The van der Waals surface area contributed by atoms with Gasteiger partial charge in [-0.1, -0.05) is 6.92 Å². The number of allylic oxidation sites excluding steroid dienone is 1. The molecule has 0 aliphatic heterocycles. The number of aromatic nitrogens is 1. The van der Waals surface area contributed by atoms with Crippen LogP contribution in [0, 0.1) is 22.7 Å². The Balaban J connectivity index is 2.44. The Bertz CT molecular complexity index is 515. The van der Waals surface area contributed by atoms with Gasteiger partial charge in [-0.05, 0) is 43.1 Å². The van der Waals surface area contributed by atoms with Gasteiger partial charge in [-0.2, -0.15) is 10.5 Å². The molecule has 2 rings (SSSR count). The Morgan fingerprint density at radius 1 is 1.33 bits per heavy atom. The third-order valence-corrected chi connectivity index (χ3v) is 4.10. The van der Waals surface area contributed by atoms with Crippen molar-refractivity contribution in [3.05, 3.63) is 28.6 Å². The van der Waals surface area contributed by atoms with E-state index in [2.05, 4.69) is 11.1 Å². The van der Waals surface area contributed by atoms with Crippen molar-refractivity contribution in [3.8, 4) is 12.1 Å². The summed E-state index contributed by atoms with van der Waals surface area (Å²) >= 11 is 1.55. The van der Waals surface area contributed by atoms with Crippen LogP contribution in [-0.2, 0) is 12.8 Å². The van der Waals surface area contributed by atoms with Crippen LogP contribution in [0.1, 0.15) is 36.7 Å². The zero-order valence-electron chi connectivity index (χ0n) is 10.4. The lowest BCUT2D eigenvalue weighted by molar-refractivity contribution is 0.677. The van der Waals surface area contributed by atoms with Crippen LogP contribution in [0.5, 0.6) is 0 Å². The van der Waals surface area contributed by atoms with Crippen LogP contribution in [0.3, 0.4) is 0 Å². The molecule has 1 aromatic rings. The number of thioether (sulfide) groups is 1. The van der Waals surface area contributed by atoms with Crippen molar-refractivity contribution in [2.24, 2.45) is 0 Å². The third-order valence-electron chi connectivity index (χ3n) is 3.10. The molecule has 0 fully saturated rings.